The van der Waals surface area contributed by atoms with Crippen LogP contribution in [-0.4, -0.2) is 31.1 Å². The molecule has 0 aromatic heterocycles. The summed E-state index contributed by atoms with van der Waals surface area (Å²) in [5, 5.41) is 0. The number of nitrogens with zero attached hydrogens (tertiary/aromatic N) is 1. The maximum atomic E-state index is 6.12. The van der Waals surface area contributed by atoms with E-state index in [1.165, 1.54) is 0 Å². The Morgan fingerprint density at radius 1 is 1.39 bits per heavy atom. The molecular formula is C14H21BrN2O. The van der Waals surface area contributed by atoms with Crippen molar-refractivity contribution in [2.45, 2.75) is 31.9 Å². The Labute approximate surface area is 117 Å². The molecule has 2 rings (SSSR count). The largest absolute Gasteiger partial charge is 0.490 e. The van der Waals surface area contributed by atoms with Gasteiger partial charge in [0.2, 0.25) is 0 Å². The average molecular weight is 313 g/mol. The molecule has 1 heterocycles. The molecule has 1 aliphatic rings. The molecule has 1 saturated heterocycles. The van der Waals surface area contributed by atoms with Gasteiger partial charge in [0.25, 0.3) is 0 Å². The van der Waals surface area contributed by atoms with E-state index in [-0.39, 0.29) is 6.04 Å². The number of nitrogens with two attached hydrogens (primary N) is 1. The number of ether oxygens (including phenoxy) is 1. The van der Waals surface area contributed by atoms with Crippen LogP contribution in [0.15, 0.2) is 22.7 Å². The summed E-state index contributed by atoms with van der Waals surface area (Å²) < 4.78 is 7.17. The molecule has 18 heavy (non-hydrogen) atoms. The molecule has 3 nitrogen and oxygen atoms in total. The zero-order chi connectivity index (χ0) is 13.1. The standard InChI is InChI=1S/C14H21BrN2O/c1-10(16)13-9-11(15)3-4-14(13)18-12-5-7-17(2)8-6-12/h3-4,9-10,12H,5-8,16H2,1-2H3. The molecule has 1 fully saturated rings. The van der Waals surface area contributed by atoms with E-state index in [0.717, 1.165) is 41.7 Å². The maximum Gasteiger partial charge on any atom is 0.124 e. The molecule has 2 N–H and O–H groups in total. The van der Waals surface area contributed by atoms with Crippen LogP contribution in [0.2, 0.25) is 0 Å². The molecule has 0 aliphatic carbocycles. The van der Waals surface area contributed by atoms with Gasteiger partial charge in [0.05, 0.1) is 0 Å². The maximum absolute atomic E-state index is 6.12. The van der Waals surface area contributed by atoms with Crippen LogP contribution in [0.3, 0.4) is 0 Å². The van der Waals surface area contributed by atoms with Crippen molar-refractivity contribution < 1.29 is 4.74 Å². The van der Waals surface area contributed by atoms with Crippen LogP contribution < -0.4 is 10.5 Å². The van der Waals surface area contributed by atoms with Gasteiger partial charge < -0.3 is 15.4 Å². The smallest absolute Gasteiger partial charge is 0.124 e. The molecule has 0 radical (unpaired) electrons. The summed E-state index contributed by atoms with van der Waals surface area (Å²) in [6.45, 7) is 4.20. The average Bonchev–Trinajstić information content (AvgIpc) is 2.34. The topological polar surface area (TPSA) is 38.5 Å². The van der Waals surface area contributed by atoms with Crippen LogP contribution in [0.1, 0.15) is 31.4 Å². The minimum atomic E-state index is -0.0104. The SMILES string of the molecule is CC(N)c1cc(Br)ccc1OC1CCN(C)CC1. The van der Waals surface area contributed by atoms with Crippen LogP contribution in [0, 0.1) is 0 Å². The van der Waals surface area contributed by atoms with Crippen molar-refractivity contribution >= 4 is 15.9 Å². The van der Waals surface area contributed by atoms with E-state index in [1.807, 2.05) is 19.1 Å². The minimum absolute atomic E-state index is 0.0104. The van der Waals surface area contributed by atoms with Gasteiger partial charge in [-0.2, -0.15) is 0 Å². The van der Waals surface area contributed by atoms with Crippen LogP contribution >= 0.6 is 15.9 Å². The Morgan fingerprint density at radius 2 is 2.06 bits per heavy atom. The van der Waals surface area contributed by atoms with E-state index in [1.54, 1.807) is 0 Å². The van der Waals surface area contributed by atoms with Crippen molar-refractivity contribution in [3.8, 4) is 5.75 Å². The number of halogens is 1. The number of rotatable bonds is 3. The van der Waals surface area contributed by atoms with E-state index >= 15 is 0 Å². The lowest BCUT2D eigenvalue weighted by atomic mass is 10.1. The first-order valence-corrected chi connectivity index (χ1v) is 7.26. The van der Waals surface area contributed by atoms with Crippen molar-refractivity contribution in [2.24, 2.45) is 5.73 Å². The highest BCUT2D eigenvalue weighted by atomic mass is 79.9. The summed E-state index contributed by atoms with van der Waals surface area (Å²) in [5.41, 5.74) is 7.07. The first-order valence-electron chi connectivity index (χ1n) is 6.46. The molecule has 4 heteroatoms. The van der Waals surface area contributed by atoms with Gasteiger partial charge >= 0.3 is 0 Å². The van der Waals surface area contributed by atoms with Crippen molar-refractivity contribution in [2.75, 3.05) is 20.1 Å². The number of likely N-dealkylation sites (tertiary alicyclic amines) is 1. The van der Waals surface area contributed by atoms with Gasteiger partial charge in [0, 0.05) is 29.2 Å². The molecule has 100 valence electrons. The van der Waals surface area contributed by atoms with Gasteiger partial charge in [0.15, 0.2) is 0 Å². The van der Waals surface area contributed by atoms with Crippen molar-refractivity contribution in [3.05, 3.63) is 28.2 Å². The second-order valence-electron chi connectivity index (χ2n) is 5.09. The van der Waals surface area contributed by atoms with E-state index in [9.17, 15) is 0 Å². The zero-order valence-corrected chi connectivity index (χ0v) is 12.6. The summed E-state index contributed by atoms with van der Waals surface area (Å²) in [6.07, 6.45) is 2.50. The molecule has 1 aromatic rings. The fraction of sp³-hybridized carbons (Fsp3) is 0.571. The lowest BCUT2D eigenvalue weighted by molar-refractivity contribution is 0.113. The third kappa shape index (κ3) is 3.46. The molecule has 1 unspecified atom stereocenters. The molecule has 0 spiro atoms. The van der Waals surface area contributed by atoms with Crippen molar-refractivity contribution in [1.29, 1.82) is 0 Å². The van der Waals surface area contributed by atoms with E-state index in [4.69, 9.17) is 10.5 Å². The van der Waals surface area contributed by atoms with Crippen LogP contribution in [0.25, 0.3) is 0 Å². The van der Waals surface area contributed by atoms with Gasteiger partial charge in [-0.3, -0.25) is 0 Å². The Morgan fingerprint density at radius 3 is 2.67 bits per heavy atom. The Hall–Kier alpha value is -0.580. The number of hydrogen-bond acceptors (Lipinski definition) is 3. The summed E-state index contributed by atoms with van der Waals surface area (Å²) in [7, 11) is 2.16. The quantitative estimate of drug-likeness (QED) is 0.932. The predicted octanol–water partition coefficient (Wildman–Crippen LogP) is 2.94. The highest BCUT2D eigenvalue weighted by Crippen LogP contribution is 2.29. The first kappa shape index (κ1) is 13.8. The fourth-order valence-electron chi connectivity index (χ4n) is 2.26. The highest BCUT2D eigenvalue weighted by Gasteiger charge is 2.19. The monoisotopic (exact) mass is 312 g/mol. The molecule has 1 aliphatic heterocycles. The Bertz CT molecular complexity index is 401. The number of hydrogen-bond donors (Lipinski definition) is 1. The van der Waals surface area contributed by atoms with Gasteiger partial charge in [-0.1, -0.05) is 15.9 Å². The van der Waals surface area contributed by atoms with Crippen molar-refractivity contribution in [1.82, 2.24) is 4.90 Å². The minimum Gasteiger partial charge on any atom is -0.490 e. The lowest BCUT2D eigenvalue weighted by Gasteiger charge is -2.30. The third-order valence-corrected chi connectivity index (χ3v) is 3.91. The van der Waals surface area contributed by atoms with E-state index in [2.05, 4.69) is 33.9 Å². The summed E-state index contributed by atoms with van der Waals surface area (Å²) in [5.74, 6) is 0.933. The molecule has 0 bridgehead atoms. The fourth-order valence-corrected chi connectivity index (χ4v) is 2.64. The van der Waals surface area contributed by atoms with Gasteiger partial charge in [-0.15, -0.1) is 0 Å². The molecule has 0 amide bonds. The van der Waals surface area contributed by atoms with Crippen LogP contribution in [-0.2, 0) is 0 Å². The molecular weight excluding hydrogens is 292 g/mol. The van der Waals surface area contributed by atoms with E-state index in [0.29, 0.717) is 6.10 Å². The van der Waals surface area contributed by atoms with Crippen molar-refractivity contribution in [3.63, 3.8) is 0 Å². The second kappa shape index (κ2) is 6.04. The first-order chi connectivity index (χ1) is 8.56. The third-order valence-electron chi connectivity index (χ3n) is 3.42. The van der Waals surface area contributed by atoms with Crippen LogP contribution in [0.4, 0.5) is 0 Å². The lowest BCUT2D eigenvalue weighted by Crippen LogP contribution is -2.35. The van der Waals surface area contributed by atoms with Gasteiger partial charge in [-0.25, -0.2) is 0 Å². The molecule has 1 atom stereocenters. The Balaban J connectivity index is 2.09. The predicted molar refractivity (Wildman–Crippen MR) is 77.9 cm³/mol. The summed E-state index contributed by atoms with van der Waals surface area (Å²) in [4.78, 5) is 2.34. The number of piperidine rings is 1. The van der Waals surface area contributed by atoms with Gasteiger partial charge in [0.1, 0.15) is 11.9 Å². The van der Waals surface area contributed by atoms with Gasteiger partial charge in [-0.05, 0) is 45.0 Å². The van der Waals surface area contributed by atoms with E-state index < -0.39 is 0 Å². The Kier molecular flexibility index (Phi) is 4.65. The molecule has 0 saturated carbocycles. The summed E-state index contributed by atoms with van der Waals surface area (Å²) in [6, 6.07) is 6.07. The molecule has 1 aromatic carbocycles. The second-order valence-corrected chi connectivity index (χ2v) is 6.01. The highest BCUT2D eigenvalue weighted by molar-refractivity contribution is 9.10. The number of benzene rings is 1. The zero-order valence-electron chi connectivity index (χ0n) is 11.0. The summed E-state index contributed by atoms with van der Waals surface area (Å²) >= 11 is 3.48. The normalized spacial score (nSPS) is 19.8. The van der Waals surface area contributed by atoms with Crippen LogP contribution in [0.5, 0.6) is 5.75 Å².